The largest absolute Gasteiger partial charge is 0.379 e. The number of benzene rings is 2. The number of hydrogen-bond acceptors (Lipinski definition) is 2. The van der Waals surface area contributed by atoms with Crippen molar-refractivity contribution in [2.45, 2.75) is 43.4 Å². The molecule has 4 rings (SSSR count). The molecule has 1 heterocycles. The van der Waals surface area contributed by atoms with Gasteiger partial charge in [-0.05, 0) is 36.3 Å². The van der Waals surface area contributed by atoms with Gasteiger partial charge in [0.1, 0.15) is 5.60 Å². The van der Waals surface area contributed by atoms with E-state index in [9.17, 15) is 5.11 Å². The molecule has 2 fully saturated rings. The number of rotatable bonds is 3. The maximum atomic E-state index is 11.7. The highest BCUT2D eigenvalue weighted by atomic mass is 16.3. The zero-order valence-electron chi connectivity index (χ0n) is 12.8. The Morgan fingerprint density at radius 2 is 1.45 bits per heavy atom. The number of aliphatic hydroxyl groups is 1. The van der Waals surface area contributed by atoms with Crippen LogP contribution in [0.25, 0.3) is 0 Å². The highest BCUT2D eigenvalue weighted by Crippen LogP contribution is 2.43. The Bertz CT molecular complexity index is 573. The first-order chi connectivity index (χ1) is 10.8. The second-order valence-electron chi connectivity index (χ2n) is 6.75. The van der Waals surface area contributed by atoms with E-state index in [1.165, 1.54) is 19.3 Å². The third-order valence-electron chi connectivity index (χ3n) is 5.54. The molecule has 0 amide bonds. The van der Waals surface area contributed by atoms with E-state index >= 15 is 0 Å². The van der Waals surface area contributed by atoms with Crippen molar-refractivity contribution in [3.05, 3.63) is 71.8 Å². The van der Waals surface area contributed by atoms with E-state index in [-0.39, 0.29) is 6.04 Å². The summed E-state index contributed by atoms with van der Waals surface area (Å²) in [7, 11) is 0. The molecule has 0 bridgehead atoms. The van der Waals surface area contributed by atoms with Gasteiger partial charge in [-0.3, -0.25) is 0 Å². The van der Waals surface area contributed by atoms with Crippen molar-refractivity contribution in [3.63, 3.8) is 0 Å². The Hall–Kier alpha value is -1.64. The molecule has 2 N–H and O–H groups in total. The van der Waals surface area contributed by atoms with Crippen molar-refractivity contribution in [1.82, 2.24) is 5.32 Å². The van der Waals surface area contributed by atoms with Gasteiger partial charge in [0.25, 0.3) is 0 Å². The first-order valence-corrected chi connectivity index (χ1v) is 8.38. The summed E-state index contributed by atoms with van der Waals surface area (Å²) in [5.74, 6) is 0.726. The average molecular weight is 293 g/mol. The minimum Gasteiger partial charge on any atom is -0.379 e. The van der Waals surface area contributed by atoms with E-state index in [0.717, 1.165) is 23.5 Å². The Morgan fingerprint density at radius 3 is 2.00 bits per heavy atom. The molecule has 22 heavy (non-hydrogen) atoms. The quantitative estimate of drug-likeness (QED) is 0.908. The lowest BCUT2D eigenvalue weighted by atomic mass is 9.78. The molecule has 1 saturated heterocycles. The normalized spacial score (nSPS) is 27.8. The van der Waals surface area contributed by atoms with Crippen LogP contribution in [0.2, 0.25) is 0 Å². The monoisotopic (exact) mass is 293 g/mol. The fraction of sp³-hybridized carbons (Fsp3) is 0.400. The first kappa shape index (κ1) is 14.0. The third-order valence-corrected chi connectivity index (χ3v) is 5.54. The van der Waals surface area contributed by atoms with Gasteiger partial charge in [-0.1, -0.05) is 67.1 Å². The van der Waals surface area contributed by atoms with E-state index in [4.69, 9.17) is 0 Å². The summed E-state index contributed by atoms with van der Waals surface area (Å²) in [5, 5.41) is 15.5. The fourth-order valence-corrected chi connectivity index (χ4v) is 4.41. The van der Waals surface area contributed by atoms with Gasteiger partial charge in [0.15, 0.2) is 0 Å². The van der Waals surface area contributed by atoms with Crippen LogP contribution in [0.4, 0.5) is 0 Å². The summed E-state index contributed by atoms with van der Waals surface area (Å²) in [5.41, 5.74) is 1.02. The van der Waals surface area contributed by atoms with Crippen molar-refractivity contribution >= 4 is 0 Å². The standard InChI is InChI=1S/C20H23NO/c22-20(16-9-3-1-4-10-16,17-11-5-2-6-12-17)19-14-15-8-7-13-18(15)21-19/h1-6,9-12,15,18-19,21-22H,7-8,13-14H2/t15-,18-,19+/m1/s1. The summed E-state index contributed by atoms with van der Waals surface area (Å²) in [6, 6.07) is 20.9. The third kappa shape index (κ3) is 2.18. The summed E-state index contributed by atoms with van der Waals surface area (Å²) < 4.78 is 0. The highest BCUT2D eigenvalue weighted by Gasteiger charge is 2.48. The van der Waals surface area contributed by atoms with Crippen molar-refractivity contribution in [1.29, 1.82) is 0 Å². The predicted molar refractivity (Wildman–Crippen MR) is 88.6 cm³/mol. The van der Waals surface area contributed by atoms with E-state index in [0.29, 0.717) is 6.04 Å². The molecule has 2 heteroatoms. The van der Waals surface area contributed by atoms with Gasteiger partial charge in [-0.25, -0.2) is 0 Å². The first-order valence-electron chi connectivity index (χ1n) is 8.38. The molecule has 2 aliphatic rings. The lowest BCUT2D eigenvalue weighted by Crippen LogP contribution is -2.47. The van der Waals surface area contributed by atoms with Crippen LogP contribution >= 0.6 is 0 Å². The molecule has 2 aromatic carbocycles. The predicted octanol–water partition coefficient (Wildman–Crippen LogP) is 3.45. The summed E-state index contributed by atoms with van der Waals surface area (Å²) in [6.45, 7) is 0. The molecule has 114 valence electrons. The van der Waals surface area contributed by atoms with Crippen LogP contribution in [-0.2, 0) is 5.60 Å². The second-order valence-corrected chi connectivity index (χ2v) is 6.75. The van der Waals surface area contributed by atoms with E-state index in [1.807, 2.05) is 60.7 Å². The molecular formula is C20H23NO. The van der Waals surface area contributed by atoms with Crippen LogP contribution in [-0.4, -0.2) is 17.2 Å². The smallest absolute Gasteiger partial charge is 0.130 e. The summed E-state index contributed by atoms with van der Waals surface area (Å²) >= 11 is 0. The fourth-order valence-electron chi connectivity index (χ4n) is 4.41. The van der Waals surface area contributed by atoms with Crippen LogP contribution < -0.4 is 5.32 Å². The lowest BCUT2D eigenvalue weighted by Gasteiger charge is -2.36. The maximum absolute atomic E-state index is 11.7. The van der Waals surface area contributed by atoms with Gasteiger partial charge in [0.05, 0.1) is 0 Å². The average Bonchev–Trinajstić information content (AvgIpc) is 3.18. The van der Waals surface area contributed by atoms with Gasteiger partial charge < -0.3 is 10.4 Å². The van der Waals surface area contributed by atoms with Crippen LogP contribution in [0, 0.1) is 5.92 Å². The van der Waals surface area contributed by atoms with Crippen molar-refractivity contribution in [2.24, 2.45) is 5.92 Å². The Labute approximate surface area is 132 Å². The number of hydrogen-bond donors (Lipinski definition) is 2. The molecule has 3 atom stereocenters. The van der Waals surface area contributed by atoms with E-state index in [2.05, 4.69) is 5.32 Å². The number of fused-ring (bicyclic) bond motifs is 1. The van der Waals surface area contributed by atoms with Gasteiger partial charge in [-0.15, -0.1) is 0 Å². The summed E-state index contributed by atoms with van der Waals surface area (Å²) in [6.07, 6.45) is 4.93. The highest BCUT2D eigenvalue weighted by molar-refractivity contribution is 5.38. The Morgan fingerprint density at radius 1 is 0.864 bits per heavy atom. The second kappa shape index (κ2) is 5.53. The molecule has 0 aromatic heterocycles. The Balaban J connectivity index is 1.76. The van der Waals surface area contributed by atoms with Gasteiger partial charge in [-0.2, -0.15) is 0 Å². The van der Waals surface area contributed by atoms with Crippen molar-refractivity contribution in [2.75, 3.05) is 0 Å². The minimum absolute atomic E-state index is 0.0904. The molecule has 2 nitrogen and oxygen atoms in total. The lowest BCUT2D eigenvalue weighted by molar-refractivity contribution is 0.0410. The van der Waals surface area contributed by atoms with E-state index < -0.39 is 5.60 Å². The van der Waals surface area contributed by atoms with Gasteiger partial charge in [0, 0.05) is 12.1 Å². The summed E-state index contributed by atoms with van der Waals surface area (Å²) in [4.78, 5) is 0. The minimum atomic E-state index is -0.952. The molecule has 1 saturated carbocycles. The van der Waals surface area contributed by atoms with Crippen molar-refractivity contribution in [3.8, 4) is 0 Å². The topological polar surface area (TPSA) is 32.3 Å². The molecule has 0 radical (unpaired) electrons. The molecular weight excluding hydrogens is 270 g/mol. The van der Waals surface area contributed by atoms with Gasteiger partial charge >= 0.3 is 0 Å². The SMILES string of the molecule is OC(c1ccccc1)(c1ccccc1)[C@@H]1C[C@H]2CCC[C@H]2N1. The maximum Gasteiger partial charge on any atom is 0.130 e. The number of nitrogens with one attached hydrogen (secondary N) is 1. The molecule has 2 aromatic rings. The van der Waals surface area contributed by atoms with E-state index in [1.54, 1.807) is 0 Å². The van der Waals surface area contributed by atoms with Crippen LogP contribution in [0.5, 0.6) is 0 Å². The van der Waals surface area contributed by atoms with Crippen LogP contribution in [0.1, 0.15) is 36.8 Å². The molecule has 0 spiro atoms. The Kier molecular flexibility index (Phi) is 3.51. The van der Waals surface area contributed by atoms with Crippen LogP contribution in [0.15, 0.2) is 60.7 Å². The molecule has 0 unspecified atom stereocenters. The molecule has 1 aliphatic carbocycles. The van der Waals surface area contributed by atoms with Gasteiger partial charge in [0.2, 0.25) is 0 Å². The zero-order valence-corrected chi connectivity index (χ0v) is 12.8. The zero-order chi connectivity index (χ0) is 15.0. The molecule has 1 aliphatic heterocycles. The van der Waals surface area contributed by atoms with Crippen LogP contribution in [0.3, 0.4) is 0 Å². The van der Waals surface area contributed by atoms with Crippen molar-refractivity contribution < 1.29 is 5.11 Å².